The second-order valence-corrected chi connectivity index (χ2v) is 10.2. The maximum Gasteiger partial charge on any atom is 0.170 e. The molecule has 7 nitrogen and oxygen atoms in total. The molecule has 1 aliphatic heterocycles. The predicted molar refractivity (Wildman–Crippen MR) is 152 cm³/mol. The van der Waals surface area contributed by atoms with E-state index in [0.717, 1.165) is 29.9 Å². The van der Waals surface area contributed by atoms with E-state index in [0.29, 0.717) is 51.4 Å². The van der Waals surface area contributed by atoms with E-state index in [-0.39, 0.29) is 11.7 Å². The molecule has 1 N–H and O–H groups in total. The Bertz CT molecular complexity index is 1660. The second kappa shape index (κ2) is 10.6. The molecule has 2 aromatic heterocycles. The standard InChI is InChI=1S/C29H23Cl2FN6O/c30-20-7-11-22(12-8-20)38-27(23-3-1-2-4-24(23)31)35-26-28(33-17-34-29(26)38)37-15-13-19(14-16-37)25(36-39)18-5-9-21(32)10-6-18/h1-12,17,19,39H,13-16H2/b36-25+. The first-order valence-corrected chi connectivity index (χ1v) is 13.3. The molecule has 1 fully saturated rings. The molecular formula is C29H23Cl2FN6O. The van der Waals surface area contributed by atoms with Crippen LogP contribution in [0.4, 0.5) is 10.2 Å². The second-order valence-electron chi connectivity index (χ2n) is 9.35. The average Bonchev–Trinajstić information content (AvgIpc) is 3.35. The number of halogens is 3. The minimum absolute atomic E-state index is 0.0272. The summed E-state index contributed by atoms with van der Waals surface area (Å²) in [5, 5.41) is 14.5. The number of nitrogens with zero attached hydrogens (tertiary/aromatic N) is 6. The third-order valence-corrected chi connectivity index (χ3v) is 7.64. The molecule has 0 radical (unpaired) electrons. The van der Waals surface area contributed by atoms with E-state index in [1.54, 1.807) is 18.5 Å². The summed E-state index contributed by atoms with van der Waals surface area (Å²) in [4.78, 5) is 16.4. The van der Waals surface area contributed by atoms with Crippen LogP contribution in [0.3, 0.4) is 0 Å². The van der Waals surface area contributed by atoms with Crippen molar-refractivity contribution in [2.75, 3.05) is 18.0 Å². The first-order chi connectivity index (χ1) is 19.0. The van der Waals surface area contributed by atoms with Crippen LogP contribution in [-0.4, -0.2) is 43.5 Å². The molecule has 0 bridgehead atoms. The Hall–Kier alpha value is -4.01. The van der Waals surface area contributed by atoms with Gasteiger partial charge in [-0.05, 0) is 66.9 Å². The van der Waals surface area contributed by atoms with Crippen LogP contribution >= 0.6 is 23.2 Å². The fraction of sp³-hybridized carbons (Fsp3) is 0.172. The zero-order valence-electron chi connectivity index (χ0n) is 20.7. The zero-order valence-corrected chi connectivity index (χ0v) is 22.2. The van der Waals surface area contributed by atoms with Crippen LogP contribution in [0.25, 0.3) is 28.2 Å². The summed E-state index contributed by atoms with van der Waals surface area (Å²) in [7, 11) is 0. The van der Waals surface area contributed by atoms with Gasteiger partial charge in [0.25, 0.3) is 0 Å². The monoisotopic (exact) mass is 560 g/mol. The number of rotatable bonds is 5. The van der Waals surface area contributed by atoms with Gasteiger partial charge in [-0.15, -0.1) is 0 Å². The van der Waals surface area contributed by atoms with Crippen molar-refractivity contribution in [1.82, 2.24) is 19.5 Å². The molecular weight excluding hydrogens is 538 g/mol. The van der Waals surface area contributed by atoms with E-state index in [1.807, 2.05) is 53.1 Å². The Labute approximate surface area is 234 Å². The van der Waals surface area contributed by atoms with Crippen LogP contribution in [-0.2, 0) is 0 Å². The summed E-state index contributed by atoms with van der Waals surface area (Å²) < 4.78 is 15.4. The number of aromatic nitrogens is 4. The zero-order chi connectivity index (χ0) is 26.9. The van der Waals surface area contributed by atoms with Crippen molar-refractivity contribution in [3.63, 3.8) is 0 Å². The lowest BCUT2D eigenvalue weighted by molar-refractivity contribution is 0.312. The van der Waals surface area contributed by atoms with Gasteiger partial charge in [-0.1, -0.05) is 52.6 Å². The highest BCUT2D eigenvalue weighted by Crippen LogP contribution is 2.36. The van der Waals surface area contributed by atoms with E-state index in [9.17, 15) is 9.60 Å². The first kappa shape index (κ1) is 25.3. The van der Waals surface area contributed by atoms with E-state index >= 15 is 0 Å². The molecule has 39 heavy (non-hydrogen) atoms. The number of oxime groups is 1. The van der Waals surface area contributed by atoms with Crippen molar-refractivity contribution in [2.45, 2.75) is 12.8 Å². The number of hydrogen-bond donors (Lipinski definition) is 1. The van der Waals surface area contributed by atoms with Gasteiger partial charge in [-0.2, -0.15) is 0 Å². The van der Waals surface area contributed by atoms with Crippen molar-refractivity contribution in [3.05, 3.63) is 101 Å². The maximum atomic E-state index is 13.4. The van der Waals surface area contributed by atoms with Gasteiger partial charge < -0.3 is 10.1 Å². The summed E-state index contributed by atoms with van der Waals surface area (Å²) in [6, 6.07) is 21.1. The number of benzene rings is 3. The van der Waals surface area contributed by atoms with Crippen LogP contribution in [0.5, 0.6) is 0 Å². The fourth-order valence-corrected chi connectivity index (χ4v) is 5.48. The van der Waals surface area contributed by atoms with Crippen LogP contribution in [0.15, 0.2) is 84.3 Å². The number of fused-ring (bicyclic) bond motifs is 1. The molecule has 0 aliphatic carbocycles. The average molecular weight is 561 g/mol. The van der Waals surface area contributed by atoms with Crippen molar-refractivity contribution in [1.29, 1.82) is 0 Å². The third-order valence-electron chi connectivity index (χ3n) is 7.05. The van der Waals surface area contributed by atoms with Gasteiger partial charge in [-0.3, -0.25) is 4.57 Å². The molecule has 0 spiro atoms. The Balaban J connectivity index is 1.37. The molecule has 6 rings (SSSR count). The SMILES string of the molecule is O/N=C(\c1ccc(F)cc1)C1CCN(c2ncnc3c2nc(-c2ccccc2Cl)n3-c2ccc(Cl)cc2)CC1. The lowest BCUT2D eigenvalue weighted by Gasteiger charge is -2.33. The summed E-state index contributed by atoms with van der Waals surface area (Å²) >= 11 is 12.8. The van der Waals surface area contributed by atoms with E-state index < -0.39 is 0 Å². The molecule has 3 aromatic carbocycles. The number of imidazole rings is 1. The summed E-state index contributed by atoms with van der Waals surface area (Å²) in [5.74, 6) is 1.08. The van der Waals surface area contributed by atoms with Crippen LogP contribution < -0.4 is 4.90 Å². The van der Waals surface area contributed by atoms with Gasteiger partial charge in [0.1, 0.15) is 18.0 Å². The largest absolute Gasteiger partial charge is 0.411 e. The summed E-state index contributed by atoms with van der Waals surface area (Å²) in [6.45, 7) is 1.35. The molecule has 10 heteroatoms. The molecule has 0 atom stereocenters. The highest BCUT2D eigenvalue weighted by molar-refractivity contribution is 6.33. The van der Waals surface area contributed by atoms with Crippen molar-refractivity contribution in [2.24, 2.45) is 11.1 Å². The van der Waals surface area contributed by atoms with Gasteiger partial charge in [0.2, 0.25) is 0 Å². The van der Waals surface area contributed by atoms with Crippen LogP contribution in [0.1, 0.15) is 18.4 Å². The summed E-state index contributed by atoms with van der Waals surface area (Å²) in [5.41, 5.74) is 4.23. The number of hydrogen-bond acceptors (Lipinski definition) is 6. The van der Waals surface area contributed by atoms with Crippen molar-refractivity contribution < 1.29 is 9.60 Å². The van der Waals surface area contributed by atoms with Crippen molar-refractivity contribution in [3.8, 4) is 17.1 Å². The normalized spacial score (nSPS) is 14.7. The minimum atomic E-state index is -0.326. The lowest BCUT2D eigenvalue weighted by atomic mass is 9.88. The smallest absolute Gasteiger partial charge is 0.170 e. The lowest BCUT2D eigenvalue weighted by Crippen LogP contribution is -2.37. The third kappa shape index (κ3) is 4.82. The maximum absolute atomic E-state index is 13.4. The van der Waals surface area contributed by atoms with E-state index in [1.165, 1.54) is 12.1 Å². The van der Waals surface area contributed by atoms with Gasteiger partial charge in [0, 0.05) is 35.3 Å². The number of anilines is 1. The van der Waals surface area contributed by atoms with Gasteiger partial charge in [-0.25, -0.2) is 19.3 Å². The predicted octanol–water partition coefficient (Wildman–Crippen LogP) is 7.02. The number of piperidine rings is 1. The Morgan fingerprint density at radius 1 is 0.923 bits per heavy atom. The topological polar surface area (TPSA) is 79.4 Å². The van der Waals surface area contributed by atoms with Gasteiger partial charge >= 0.3 is 0 Å². The molecule has 0 unspecified atom stereocenters. The van der Waals surface area contributed by atoms with Crippen molar-refractivity contribution >= 4 is 45.9 Å². The fourth-order valence-electron chi connectivity index (χ4n) is 5.13. The summed E-state index contributed by atoms with van der Waals surface area (Å²) in [6.07, 6.45) is 3.02. The first-order valence-electron chi connectivity index (χ1n) is 12.5. The molecule has 5 aromatic rings. The Morgan fingerprint density at radius 2 is 1.64 bits per heavy atom. The highest BCUT2D eigenvalue weighted by atomic mass is 35.5. The van der Waals surface area contributed by atoms with E-state index in [2.05, 4.69) is 20.0 Å². The van der Waals surface area contributed by atoms with Gasteiger partial charge in [0.15, 0.2) is 17.0 Å². The minimum Gasteiger partial charge on any atom is -0.411 e. The molecule has 0 saturated carbocycles. The molecule has 1 saturated heterocycles. The Morgan fingerprint density at radius 3 is 2.33 bits per heavy atom. The molecule has 1 aliphatic rings. The van der Waals surface area contributed by atoms with Crippen LogP contribution in [0.2, 0.25) is 10.0 Å². The van der Waals surface area contributed by atoms with E-state index in [4.69, 9.17) is 28.2 Å². The Kier molecular flexibility index (Phi) is 6.89. The molecule has 0 amide bonds. The van der Waals surface area contributed by atoms with Gasteiger partial charge in [0.05, 0.1) is 10.7 Å². The van der Waals surface area contributed by atoms with Crippen LogP contribution in [0, 0.1) is 11.7 Å². The molecule has 3 heterocycles. The quantitative estimate of drug-likeness (QED) is 0.142. The molecule has 196 valence electrons. The highest BCUT2D eigenvalue weighted by Gasteiger charge is 2.28.